The van der Waals surface area contributed by atoms with Crippen LogP contribution in [-0.4, -0.2) is 90.7 Å². The van der Waals surface area contributed by atoms with Gasteiger partial charge in [-0.1, -0.05) is 42.6 Å². The zero-order valence-electron chi connectivity index (χ0n) is 33.0. The molecule has 4 aromatic rings. The Kier molecular flexibility index (Phi) is 11.7. The molecular formula is C42H54N6O7Si. The number of hydrogen-bond donors (Lipinski definition) is 4. The number of aliphatic hydroxyl groups is 2. The number of anilines is 3. The number of aromatic nitrogens is 3. The van der Waals surface area contributed by atoms with Crippen LogP contribution in [0, 0.1) is 5.92 Å². The average molecular weight is 783 g/mol. The summed E-state index contributed by atoms with van der Waals surface area (Å²) in [6, 6.07) is 19.4. The molecule has 0 radical (unpaired) electrons. The third-order valence-corrected chi connectivity index (χ3v) is 16.3. The van der Waals surface area contributed by atoms with Gasteiger partial charge in [0, 0.05) is 55.2 Å². The number of ether oxygens (including phenoxy) is 3. The van der Waals surface area contributed by atoms with Crippen molar-refractivity contribution in [2.24, 2.45) is 5.92 Å². The zero-order valence-corrected chi connectivity index (χ0v) is 34.0. The highest BCUT2D eigenvalue weighted by atomic mass is 28.3. The Morgan fingerprint density at radius 1 is 1.04 bits per heavy atom. The Morgan fingerprint density at radius 2 is 1.82 bits per heavy atom. The van der Waals surface area contributed by atoms with E-state index in [2.05, 4.69) is 53.1 Å². The number of amides is 2. The molecular weight excluding hydrogens is 729 g/mol. The van der Waals surface area contributed by atoms with Gasteiger partial charge in [0.25, 0.3) is 5.91 Å². The van der Waals surface area contributed by atoms with E-state index in [0.29, 0.717) is 56.8 Å². The Bertz CT molecular complexity index is 2040. The lowest BCUT2D eigenvalue weighted by Crippen LogP contribution is -2.51. The number of nitrogens with one attached hydrogen (secondary N) is 2. The number of rotatable bonds is 16. The van der Waals surface area contributed by atoms with Gasteiger partial charge in [0.1, 0.15) is 11.5 Å². The first-order chi connectivity index (χ1) is 27.0. The third-order valence-electron chi connectivity index (χ3n) is 11.9. The third kappa shape index (κ3) is 7.24. The van der Waals surface area contributed by atoms with Crippen LogP contribution in [0.5, 0.6) is 11.5 Å². The number of aryl methyl sites for hydroxylation is 1. The second kappa shape index (κ2) is 16.5. The van der Waals surface area contributed by atoms with Crippen LogP contribution in [0.15, 0.2) is 66.9 Å². The second-order valence-corrected chi connectivity index (χ2v) is 20.3. The molecule has 1 aromatic heterocycles. The summed E-state index contributed by atoms with van der Waals surface area (Å²) < 4.78 is 20.3. The molecule has 1 spiro atoms. The van der Waals surface area contributed by atoms with Crippen molar-refractivity contribution in [3.05, 3.63) is 83.7 Å². The van der Waals surface area contributed by atoms with Gasteiger partial charge in [0.2, 0.25) is 5.91 Å². The SMILES string of the molecule is CCOc1ccc2c(c1)CC(NCCCCO)C(=O)N2c1ccc2c(c1)[C@]1(O[C@@H](CCn3cc(CCO)nn3)[C@H]([Si](C)(C)c3ccc(OC)cc3)[C@H]1C)C(=O)N2. The predicted octanol–water partition coefficient (Wildman–Crippen LogP) is 4.43. The molecule has 1 unspecified atom stereocenters. The van der Waals surface area contributed by atoms with Crippen molar-refractivity contribution < 1.29 is 34.0 Å². The first-order valence-corrected chi connectivity index (χ1v) is 22.9. The second-order valence-electron chi connectivity index (χ2n) is 15.6. The molecule has 3 aliphatic rings. The highest BCUT2D eigenvalue weighted by Crippen LogP contribution is 2.59. The van der Waals surface area contributed by atoms with Gasteiger partial charge in [-0.2, -0.15) is 0 Å². The normalized spacial score (nSPS) is 23.0. The van der Waals surface area contributed by atoms with Crippen LogP contribution < -0.4 is 30.2 Å². The molecule has 7 rings (SSSR count). The molecule has 3 aliphatic heterocycles. The van der Waals surface area contributed by atoms with Crippen molar-refractivity contribution in [3.8, 4) is 11.5 Å². The van der Waals surface area contributed by atoms with E-state index in [0.717, 1.165) is 40.4 Å². The topological polar surface area (TPSA) is 160 Å². The number of benzene rings is 3. The summed E-state index contributed by atoms with van der Waals surface area (Å²) in [6.07, 6.45) is 4.47. The van der Waals surface area contributed by atoms with Crippen molar-refractivity contribution in [3.63, 3.8) is 0 Å². The van der Waals surface area contributed by atoms with E-state index in [1.165, 1.54) is 5.19 Å². The number of fused-ring (bicyclic) bond motifs is 3. The van der Waals surface area contributed by atoms with Gasteiger partial charge in [-0.05, 0) is 98.8 Å². The van der Waals surface area contributed by atoms with Gasteiger partial charge in [0.05, 0.1) is 45.3 Å². The van der Waals surface area contributed by atoms with E-state index in [9.17, 15) is 19.8 Å². The van der Waals surface area contributed by atoms with Crippen molar-refractivity contribution in [1.82, 2.24) is 20.3 Å². The maximum absolute atomic E-state index is 14.5. The number of aliphatic hydroxyl groups excluding tert-OH is 2. The molecule has 13 nitrogen and oxygen atoms in total. The minimum atomic E-state index is -2.38. The molecule has 0 bridgehead atoms. The number of carbonyl (C=O) groups excluding carboxylic acids is 2. The quantitative estimate of drug-likeness (QED) is 0.0947. The lowest BCUT2D eigenvalue weighted by molar-refractivity contribution is -0.143. The van der Waals surface area contributed by atoms with Crippen molar-refractivity contribution >= 4 is 42.1 Å². The highest BCUT2D eigenvalue weighted by molar-refractivity contribution is 6.91. The van der Waals surface area contributed by atoms with Crippen LogP contribution in [0.4, 0.5) is 17.1 Å². The summed E-state index contributed by atoms with van der Waals surface area (Å²) in [5, 5.41) is 35.1. The van der Waals surface area contributed by atoms with E-state index >= 15 is 0 Å². The molecule has 1 fully saturated rings. The Labute approximate surface area is 329 Å². The minimum absolute atomic E-state index is 0.00455. The highest BCUT2D eigenvalue weighted by Gasteiger charge is 2.64. The fraction of sp³-hybridized carbons (Fsp3) is 0.476. The maximum atomic E-state index is 14.5. The molecule has 56 heavy (non-hydrogen) atoms. The number of methoxy groups -OCH3 is 1. The Balaban J connectivity index is 1.28. The maximum Gasteiger partial charge on any atom is 0.261 e. The monoisotopic (exact) mass is 782 g/mol. The van der Waals surface area contributed by atoms with Crippen LogP contribution in [-0.2, 0) is 39.3 Å². The number of hydrogen-bond acceptors (Lipinski definition) is 10. The van der Waals surface area contributed by atoms with Crippen LogP contribution in [0.1, 0.15) is 49.9 Å². The zero-order chi connectivity index (χ0) is 39.6. The summed E-state index contributed by atoms with van der Waals surface area (Å²) in [4.78, 5) is 30.7. The van der Waals surface area contributed by atoms with E-state index in [4.69, 9.17) is 14.2 Å². The lowest BCUT2D eigenvalue weighted by atomic mass is 9.82. The van der Waals surface area contributed by atoms with E-state index in [-0.39, 0.29) is 42.6 Å². The largest absolute Gasteiger partial charge is 0.497 e. The summed E-state index contributed by atoms with van der Waals surface area (Å²) in [7, 11) is -0.721. The molecule has 5 atom stereocenters. The summed E-state index contributed by atoms with van der Waals surface area (Å²) >= 11 is 0. The van der Waals surface area contributed by atoms with Crippen LogP contribution >= 0.6 is 0 Å². The van der Waals surface area contributed by atoms with Gasteiger partial charge < -0.3 is 35.1 Å². The van der Waals surface area contributed by atoms with Gasteiger partial charge in [-0.25, -0.2) is 0 Å². The average Bonchev–Trinajstić information content (AvgIpc) is 3.86. The van der Waals surface area contributed by atoms with Gasteiger partial charge >= 0.3 is 0 Å². The fourth-order valence-electron chi connectivity index (χ4n) is 9.19. The van der Waals surface area contributed by atoms with Crippen molar-refractivity contribution in [2.75, 3.05) is 43.7 Å². The van der Waals surface area contributed by atoms with E-state index in [1.807, 2.05) is 61.7 Å². The fourth-order valence-corrected chi connectivity index (χ4v) is 13.2. The Morgan fingerprint density at radius 3 is 2.55 bits per heavy atom. The van der Waals surface area contributed by atoms with Gasteiger partial charge in [-0.3, -0.25) is 19.2 Å². The standard InChI is InChI=1S/C42H54N6O7Si/c1-6-54-32-12-16-37-28(23-32)24-36(43-19-7-8-21-49)40(51)48(37)30-9-15-35-34(25-30)42(41(52)44-35)27(2)39(56(4,5)33-13-10-31(53-3)11-14-33)38(55-42)17-20-47-26-29(18-22-50)45-46-47/h9-16,23,25-27,36,38-39,43,49-50H,6-8,17-22,24H2,1-5H3,(H,44,52)/t27-,36?,38+,39-,42+/m1/s1. The van der Waals surface area contributed by atoms with Gasteiger partial charge in [-0.15, -0.1) is 5.10 Å². The smallest absolute Gasteiger partial charge is 0.261 e. The summed E-state index contributed by atoms with van der Waals surface area (Å²) in [6.45, 7) is 10.5. The first-order valence-electron chi connectivity index (χ1n) is 19.8. The molecule has 3 aromatic carbocycles. The number of nitrogens with zero attached hydrogens (tertiary/aromatic N) is 4. The predicted molar refractivity (Wildman–Crippen MR) is 217 cm³/mol. The molecule has 2 amide bonds. The van der Waals surface area contributed by atoms with Crippen LogP contribution in [0.25, 0.3) is 0 Å². The molecule has 298 valence electrons. The van der Waals surface area contributed by atoms with Crippen molar-refractivity contribution in [2.45, 2.75) is 88.9 Å². The molecule has 4 heterocycles. The summed E-state index contributed by atoms with van der Waals surface area (Å²) in [5.41, 5.74) is 3.24. The van der Waals surface area contributed by atoms with Crippen LogP contribution in [0.2, 0.25) is 18.6 Å². The molecule has 14 heteroatoms. The Hall–Kier alpha value is -4.60. The van der Waals surface area contributed by atoms with Crippen LogP contribution in [0.3, 0.4) is 0 Å². The minimum Gasteiger partial charge on any atom is -0.497 e. The molecule has 0 saturated carbocycles. The van der Waals surface area contributed by atoms with Gasteiger partial charge in [0.15, 0.2) is 5.60 Å². The number of carbonyl (C=O) groups is 2. The lowest BCUT2D eigenvalue weighted by Gasteiger charge is -2.37. The molecule has 4 N–H and O–H groups in total. The van der Waals surface area contributed by atoms with Crippen molar-refractivity contribution in [1.29, 1.82) is 0 Å². The molecule has 0 aliphatic carbocycles. The van der Waals surface area contributed by atoms with E-state index in [1.54, 1.807) is 16.7 Å². The van der Waals surface area contributed by atoms with E-state index < -0.39 is 19.7 Å². The first kappa shape index (κ1) is 39.6. The molecule has 1 saturated heterocycles. The summed E-state index contributed by atoms with van der Waals surface area (Å²) in [5.74, 6) is 1.01. The number of unbranched alkanes of at least 4 members (excludes halogenated alkanes) is 1.